The van der Waals surface area contributed by atoms with Crippen LogP contribution in [0.3, 0.4) is 0 Å². The molecule has 10 atom stereocenters. The van der Waals surface area contributed by atoms with E-state index in [4.69, 9.17) is 16.9 Å². The number of amides is 11. The van der Waals surface area contributed by atoms with Crippen LogP contribution in [0.2, 0.25) is 0 Å². The van der Waals surface area contributed by atoms with Crippen molar-refractivity contribution in [3.8, 4) is 0 Å². The molecule has 0 bridgehead atoms. The lowest BCUT2D eigenvalue weighted by atomic mass is 10.0. The molecule has 84 heavy (non-hydrogen) atoms. The number of urea groups is 1. The van der Waals surface area contributed by atoms with E-state index in [-0.39, 0.29) is 62.5 Å². The van der Waals surface area contributed by atoms with Crippen molar-refractivity contribution in [2.75, 3.05) is 25.1 Å². The first-order valence-corrected chi connectivity index (χ1v) is 28.6. The molecule has 1 aliphatic heterocycles. The van der Waals surface area contributed by atoms with Gasteiger partial charge in [-0.05, 0) is 63.1 Å². The number of carboxylic acid groups (broad SMARTS) is 1. The number of benzene rings is 2. The molecule has 0 spiro atoms. The second-order valence-electron chi connectivity index (χ2n) is 20.1. The van der Waals surface area contributed by atoms with Crippen molar-refractivity contribution in [2.24, 2.45) is 16.5 Å². The van der Waals surface area contributed by atoms with E-state index in [1.165, 1.54) is 20.3 Å². The van der Waals surface area contributed by atoms with Crippen LogP contribution in [0.25, 0.3) is 10.9 Å². The van der Waals surface area contributed by atoms with Crippen LogP contribution >= 0.6 is 25.3 Å². The lowest BCUT2D eigenvalue weighted by Gasteiger charge is -2.29. The number of aromatic nitrogens is 1. The summed E-state index contributed by atoms with van der Waals surface area (Å²) in [5, 5.41) is 44.4. The first-order chi connectivity index (χ1) is 40.0. The maximum atomic E-state index is 14.8. The Morgan fingerprint density at radius 3 is 1.82 bits per heavy atom. The Hall–Kier alpha value is -8.41. The Balaban J connectivity index is 1.67. The summed E-state index contributed by atoms with van der Waals surface area (Å²) in [6, 6.07) is 1.91. The number of H-pyrrole nitrogens is 1. The number of carboxylic acids is 1. The number of para-hydroxylation sites is 1. The number of rotatable bonds is 36. The Kier molecular flexibility index (Phi) is 27.8. The van der Waals surface area contributed by atoms with Gasteiger partial charge in [0, 0.05) is 67.5 Å². The molecule has 0 radical (unpaired) electrons. The standard InChI is InChI=1S/C54H78N16O12S2/c1-5-6-18-42(70-52(81)30(3)62-54(70)82)51(80)69-41(27-84)50(79)64-36(19-20-43(71)72)46(75)65-37(22-29(2)61-28-58-4)47(76)66-38(23-31-13-8-7-9-14-31)48(77)63-35(17-12-21-59-53(56)57)45(74)67-39(49(78)68-40(26-83)44(55)73)24-32-25-60-34-16-11-10-15-33(32)34/h7-11,13-16,25,28-30,35-42,60,83-84H,5-6,12,17-24,26-27H2,1-4H3,(H2,55,73)(H,58,61)(H,62,82)(H,63,77)(H,64,79)(H,65,75)(H,66,76)(H,67,74)(H,68,78)(H,69,80)(H,71,72)(H4,56,57,59)/t29?,30-,35-,36-,37-,38+,39-,40-,41-,42-/m0/s1. The normalized spacial score (nSPS) is 16.3. The number of aromatic amines is 1. The van der Waals surface area contributed by atoms with E-state index in [2.05, 4.69) is 88.4 Å². The maximum absolute atomic E-state index is 14.8. The number of unbranched alkanes of at least 4 members (excludes halogenated alkanes) is 1. The molecule has 1 aromatic heterocycles. The van der Waals surface area contributed by atoms with E-state index in [0.29, 0.717) is 24.0 Å². The maximum Gasteiger partial charge on any atom is 0.325 e. The first kappa shape index (κ1) is 68.1. The van der Waals surface area contributed by atoms with Crippen LogP contribution in [-0.4, -0.2) is 178 Å². The minimum atomic E-state index is -1.66. The van der Waals surface area contributed by atoms with Crippen LogP contribution in [0, 0.1) is 5.41 Å². The summed E-state index contributed by atoms with van der Waals surface area (Å²) in [5.74, 6) is -10.1. The van der Waals surface area contributed by atoms with Crippen LogP contribution in [0.1, 0.15) is 83.3 Å². The molecule has 3 aromatic rings. The number of hydrogen-bond acceptors (Lipinski definition) is 15. The zero-order chi connectivity index (χ0) is 62.0. The quantitative estimate of drug-likeness (QED) is 0.0102. The van der Waals surface area contributed by atoms with E-state index in [1.807, 2.05) is 25.1 Å². The largest absolute Gasteiger partial charge is 0.481 e. The third-order valence-electron chi connectivity index (χ3n) is 13.5. The molecule has 30 heteroatoms. The Labute approximate surface area is 496 Å². The Bertz CT molecular complexity index is 2840. The van der Waals surface area contributed by atoms with Crippen molar-refractivity contribution < 1.29 is 57.8 Å². The molecule has 4 rings (SSSR count). The fourth-order valence-electron chi connectivity index (χ4n) is 8.98. The van der Waals surface area contributed by atoms with Gasteiger partial charge in [0.05, 0.1) is 6.34 Å². The van der Waals surface area contributed by atoms with Gasteiger partial charge in [0.2, 0.25) is 47.3 Å². The molecular formula is C54H78N16O12S2. The topological polar surface area (TPSA) is 436 Å². The Morgan fingerprint density at radius 2 is 1.25 bits per heavy atom. The van der Waals surface area contributed by atoms with Crippen molar-refractivity contribution >= 4 is 114 Å². The molecule has 11 amide bonds. The molecule has 17 N–H and O–H groups in total. The fraction of sp³-hybridized carbons (Fsp3) is 0.500. The molecule has 458 valence electrons. The fourth-order valence-corrected chi connectivity index (χ4v) is 9.50. The first-order valence-electron chi connectivity index (χ1n) is 27.3. The summed E-state index contributed by atoms with van der Waals surface area (Å²) in [7, 11) is 1.48. The van der Waals surface area contributed by atoms with Crippen molar-refractivity contribution in [1.82, 2.24) is 63.1 Å². The number of nitrogens with two attached hydrogens (primary N) is 2. The number of nitrogens with zero attached hydrogens (tertiary/aromatic N) is 2. The van der Waals surface area contributed by atoms with Gasteiger partial charge in [-0.3, -0.25) is 58.3 Å². The smallest absolute Gasteiger partial charge is 0.325 e. The molecule has 1 aliphatic rings. The monoisotopic (exact) mass is 1210 g/mol. The third kappa shape index (κ3) is 21.1. The third-order valence-corrected chi connectivity index (χ3v) is 14.3. The van der Waals surface area contributed by atoms with E-state index in [1.54, 1.807) is 49.5 Å². The molecule has 1 fully saturated rings. The van der Waals surface area contributed by atoms with Gasteiger partial charge >= 0.3 is 12.0 Å². The van der Waals surface area contributed by atoms with Crippen LogP contribution in [0.5, 0.6) is 0 Å². The minimum absolute atomic E-state index is 0.0648. The summed E-state index contributed by atoms with van der Waals surface area (Å²) >= 11 is 8.39. The zero-order valence-electron chi connectivity index (χ0n) is 47.2. The van der Waals surface area contributed by atoms with Crippen molar-refractivity contribution in [3.05, 3.63) is 71.9 Å². The molecule has 2 heterocycles. The number of aliphatic imine (C=N–C) groups is 1. The van der Waals surface area contributed by atoms with Gasteiger partial charge in [0.15, 0.2) is 5.96 Å². The van der Waals surface area contributed by atoms with Gasteiger partial charge in [-0.1, -0.05) is 68.3 Å². The average Bonchev–Trinajstić information content (AvgIpc) is 3.25. The predicted molar refractivity (Wildman–Crippen MR) is 318 cm³/mol. The van der Waals surface area contributed by atoms with E-state index >= 15 is 0 Å². The summed E-state index contributed by atoms with van der Waals surface area (Å²) in [6.45, 7) is 5.03. The highest BCUT2D eigenvalue weighted by Gasteiger charge is 2.43. The molecule has 1 saturated heterocycles. The highest BCUT2D eigenvalue weighted by Crippen LogP contribution is 2.21. The van der Waals surface area contributed by atoms with Gasteiger partial charge in [0.1, 0.15) is 54.4 Å². The van der Waals surface area contributed by atoms with Gasteiger partial charge in [0.25, 0.3) is 5.91 Å². The van der Waals surface area contributed by atoms with Crippen LogP contribution in [-0.2, 0) is 60.8 Å². The predicted octanol–water partition coefficient (Wildman–Crippen LogP) is -1.65. The second-order valence-corrected chi connectivity index (χ2v) is 20.8. The van der Waals surface area contributed by atoms with E-state index in [9.17, 15) is 57.8 Å². The SMILES string of the molecule is CCCC[C@@H](C(=O)N[C@@H](CS)C(=O)N[C@@H](CCC(=O)O)C(=O)N[C@@H](CC(C)N/C=N\C)C(=O)N[C@H](Cc1ccccc1)C(=O)N[C@@H](CCCNC(=N)N)C(=O)N[C@@H](Cc1c[nH]c2ccccc12)C(=O)N[C@@H](CS)C(N)=O)N1C(=O)N[C@@H](C)C1=O. The number of aliphatic carboxylic acids is 1. The van der Waals surface area contributed by atoms with Gasteiger partial charge < -0.3 is 74.7 Å². The highest BCUT2D eigenvalue weighted by molar-refractivity contribution is 7.80. The lowest BCUT2D eigenvalue weighted by Crippen LogP contribution is -2.61. The summed E-state index contributed by atoms with van der Waals surface area (Å²) < 4.78 is 0. The van der Waals surface area contributed by atoms with Crippen LogP contribution in [0.4, 0.5) is 4.79 Å². The Morgan fingerprint density at radius 1 is 0.714 bits per heavy atom. The number of primary amides is 1. The van der Waals surface area contributed by atoms with Gasteiger partial charge in [-0.2, -0.15) is 25.3 Å². The van der Waals surface area contributed by atoms with Crippen molar-refractivity contribution in [2.45, 2.75) is 145 Å². The van der Waals surface area contributed by atoms with Crippen LogP contribution in [0.15, 0.2) is 65.8 Å². The molecular weight excluding hydrogens is 1130 g/mol. The number of hydrogen-bond donors (Lipinski definition) is 17. The summed E-state index contributed by atoms with van der Waals surface area (Å²) in [4.78, 5) is 158. The molecule has 1 unspecified atom stereocenters. The zero-order valence-corrected chi connectivity index (χ0v) is 49.0. The number of carbonyl (C=O) groups is 11. The number of thiol groups is 2. The second kappa shape index (κ2) is 34.3. The van der Waals surface area contributed by atoms with E-state index < -0.39 is 138 Å². The lowest BCUT2D eigenvalue weighted by molar-refractivity contribution is -0.139. The number of imide groups is 1. The summed E-state index contributed by atoms with van der Waals surface area (Å²) in [5.41, 5.74) is 13.0. The number of fused-ring (bicyclic) bond motifs is 1. The molecule has 28 nitrogen and oxygen atoms in total. The van der Waals surface area contributed by atoms with Crippen molar-refractivity contribution in [1.29, 1.82) is 5.41 Å². The molecule has 2 aromatic carbocycles. The van der Waals surface area contributed by atoms with Crippen LogP contribution < -0.4 is 64.6 Å². The van der Waals surface area contributed by atoms with Gasteiger partial charge in [-0.25, -0.2) is 9.69 Å². The summed E-state index contributed by atoms with van der Waals surface area (Å²) in [6.07, 6.45) is 2.48. The highest BCUT2D eigenvalue weighted by atomic mass is 32.1. The number of nitrogens with one attached hydrogen (secondary N) is 12. The van der Waals surface area contributed by atoms with Crippen molar-refractivity contribution in [3.63, 3.8) is 0 Å². The molecule has 0 aliphatic carbocycles. The number of guanidine groups is 1. The minimum Gasteiger partial charge on any atom is -0.481 e. The molecule has 0 saturated carbocycles. The van der Waals surface area contributed by atoms with Gasteiger partial charge in [-0.15, -0.1) is 0 Å². The average molecular weight is 1210 g/mol. The number of carbonyl (C=O) groups excluding carboxylic acids is 10. The van der Waals surface area contributed by atoms with E-state index in [0.717, 1.165) is 15.8 Å².